The summed E-state index contributed by atoms with van der Waals surface area (Å²) in [4.78, 5) is 36.4. The molecule has 8 nitrogen and oxygen atoms in total. The number of benzene rings is 1. The second kappa shape index (κ2) is 10.6. The number of ketones is 1. The van der Waals surface area contributed by atoms with Gasteiger partial charge in [-0.2, -0.15) is 5.10 Å². The molecule has 4 rings (SSSR count). The highest BCUT2D eigenvalue weighted by molar-refractivity contribution is 7.13. The Kier molecular flexibility index (Phi) is 7.14. The van der Waals surface area contributed by atoms with Crippen LogP contribution in [0.5, 0.6) is 0 Å². The Morgan fingerprint density at radius 1 is 1.12 bits per heavy atom. The van der Waals surface area contributed by atoms with E-state index in [2.05, 4.69) is 10.4 Å². The maximum absolute atomic E-state index is 12.3. The molecule has 0 fully saturated rings. The smallest absolute Gasteiger partial charge is 0.331 e. The average Bonchev–Trinajstić information content (AvgIpc) is 3.60. The van der Waals surface area contributed by atoms with Crippen molar-refractivity contribution in [3.8, 4) is 16.3 Å². The van der Waals surface area contributed by atoms with Crippen LogP contribution in [0, 0.1) is 0 Å². The van der Waals surface area contributed by atoms with Crippen LogP contribution < -0.4 is 5.32 Å². The van der Waals surface area contributed by atoms with Crippen LogP contribution in [0.2, 0.25) is 0 Å². The standard InChI is InChI=1S/C25H21N3O5S/c1-17(29)26-14-20-10-11-22(33-20)21(30)16-32-24(31)12-9-18-15-28(19-6-3-2-4-7-19)27-25(18)23-8-5-13-34-23/h2-13,15H,14,16H2,1H3,(H,26,29)/b12-9+. The highest BCUT2D eigenvalue weighted by Crippen LogP contribution is 2.28. The molecule has 3 heterocycles. The van der Waals surface area contributed by atoms with E-state index in [9.17, 15) is 14.4 Å². The lowest BCUT2D eigenvalue weighted by atomic mass is 10.2. The molecule has 1 aromatic carbocycles. The van der Waals surface area contributed by atoms with E-state index in [-0.39, 0.29) is 18.2 Å². The summed E-state index contributed by atoms with van der Waals surface area (Å²) in [6, 6.07) is 16.6. The SMILES string of the molecule is CC(=O)NCc1ccc(C(=O)COC(=O)/C=C/c2cn(-c3ccccc3)nc2-c2cccs2)o1. The molecule has 0 atom stereocenters. The van der Waals surface area contributed by atoms with Crippen molar-refractivity contribution < 1.29 is 23.5 Å². The quantitative estimate of drug-likeness (QED) is 0.220. The molecule has 0 bridgehead atoms. The van der Waals surface area contributed by atoms with Gasteiger partial charge in [-0.05, 0) is 41.8 Å². The first-order chi connectivity index (χ1) is 16.5. The fourth-order valence-corrected chi connectivity index (χ4v) is 3.81. The van der Waals surface area contributed by atoms with Crippen molar-refractivity contribution in [2.24, 2.45) is 0 Å². The Hall–Kier alpha value is -4.24. The van der Waals surface area contributed by atoms with Crippen molar-refractivity contribution in [3.05, 3.63) is 89.3 Å². The second-order valence-corrected chi connectivity index (χ2v) is 8.18. The van der Waals surface area contributed by atoms with E-state index in [0.717, 1.165) is 21.8 Å². The van der Waals surface area contributed by atoms with Gasteiger partial charge in [0.05, 0.1) is 17.1 Å². The summed E-state index contributed by atoms with van der Waals surface area (Å²) < 4.78 is 12.2. The number of rotatable bonds is 9. The van der Waals surface area contributed by atoms with Crippen LogP contribution in [0.25, 0.3) is 22.3 Å². The number of ether oxygens (including phenoxy) is 1. The number of esters is 1. The highest BCUT2D eigenvalue weighted by atomic mass is 32.1. The van der Waals surface area contributed by atoms with E-state index in [4.69, 9.17) is 9.15 Å². The van der Waals surface area contributed by atoms with E-state index >= 15 is 0 Å². The van der Waals surface area contributed by atoms with Crippen molar-refractivity contribution in [1.29, 1.82) is 0 Å². The number of aromatic nitrogens is 2. The summed E-state index contributed by atoms with van der Waals surface area (Å²) in [5.41, 5.74) is 2.37. The van der Waals surface area contributed by atoms with E-state index in [1.807, 2.05) is 54.0 Å². The number of hydrogen-bond donors (Lipinski definition) is 1. The Bertz CT molecular complexity index is 1320. The van der Waals surface area contributed by atoms with Gasteiger partial charge in [-0.3, -0.25) is 9.59 Å². The molecule has 4 aromatic rings. The van der Waals surface area contributed by atoms with Crippen molar-refractivity contribution >= 4 is 35.1 Å². The molecule has 0 radical (unpaired) electrons. The minimum Gasteiger partial charge on any atom is -0.456 e. The van der Waals surface area contributed by atoms with Crippen molar-refractivity contribution in [3.63, 3.8) is 0 Å². The molecule has 1 amide bonds. The summed E-state index contributed by atoms with van der Waals surface area (Å²) in [5.74, 6) is -0.862. The van der Waals surface area contributed by atoms with Gasteiger partial charge in [0.1, 0.15) is 11.5 Å². The van der Waals surface area contributed by atoms with Gasteiger partial charge < -0.3 is 14.5 Å². The zero-order valence-electron chi connectivity index (χ0n) is 18.3. The summed E-state index contributed by atoms with van der Waals surface area (Å²) in [6.45, 7) is 1.10. The summed E-state index contributed by atoms with van der Waals surface area (Å²) >= 11 is 1.55. The zero-order valence-corrected chi connectivity index (χ0v) is 19.1. The van der Waals surface area contributed by atoms with Crippen molar-refractivity contribution in [2.75, 3.05) is 6.61 Å². The number of para-hydroxylation sites is 1. The Morgan fingerprint density at radius 3 is 2.68 bits per heavy atom. The van der Waals surface area contributed by atoms with Gasteiger partial charge in [0, 0.05) is 24.8 Å². The van der Waals surface area contributed by atoms with Crippen LogP contribution in [-0.2, 0) is 20.9 Å². The van der Waals surface area contributed by atoms with E-state index in [0.29, 0.717) is 5.76 Å². The summed E-state index contributed by atoms with van der Waals surface area (Å²) in [6.07, 6.45) is 4.71. The third-order valence-corrected chi connectivity index (χ3v) is 5.59. The molecule has 0 aliphatic heterocycles. The van der Waals surface area contributed by atoms with E-state index < -0.39 is 18.4 Å². The highest BCUT2D eigenvalue weighted by Gasteiger charge is 2.15. The predicted octanol–water partition coefficient (Wildman–Crippen LogP) is 4.27. The lowest BCUT2D eigenvalue weighted by Crippen LogP contribution is -2.18. The molecule has 3 aromatic heterocycles. The first-order valence-electron chi connectivity index (χ1n) is 10.4. The minimum atomic E-state index is -0.664. The van der Waals surface area contributed by atoms with Crippen LogP contribution in [0.15, 0.2) is 76.7 Å². The molecule has 0 aliphatic carbocycles. The molecule has 0 saturated heterocycles. The Labute approximate surface area is 199 Å². The lowest BCUT2D eigenvalue weighted by molar-refractivity contribution is -0.136. The van der Waals surface area contributed by atoms with Gasteiger partial charge in [0.15, 0.2) is 12.4 Å². The first-order valence-corrected chi connectivity index (χ1v) is 11.3. The summed E-state index contributed by atoms with van der Waals surface area (Å²) in [5, 5.41) is 9.21. The number of hydrogen-bond acceptors (Lipinski definition) is 7. The third kappa shape index (κ3) is 5.76. The number of amides is 1. The van der Waals surface area contributed by atoms with Crippen LogP contribution >= 0.6 is 11.3 Å². The Morgan fingerprint density at radius 2 is 1.94 bits per heavy atom. The second-order valence-electron chi connectivity index (χ2n) is 7.23. The number of thiophene rings is 1. The predicted molar refractivity (Wildman–Crippen MR) is 127 cm³/mol. The lowest BCUT2D eigenvalue weighted by Gasteiger charge is -2.00. The maximum atomic E-state index is 12.3. The normalized spacial score (nSPS) is 11.0. The molecular weight excluding hydrogens is 454 g/mol. The topological polar surface area (TPSA) is 103 Å². The van der Waals surface area contributed by atoms with Crippen LogP contribution in [0.1, 0.15) is 28.8 Å². The number of carbonyl (C=O) groups excluding carboxylic acids is 3. The largest absolute Gasteiger partial charge is 0.456 e. The molecule has 0 saturated carbocycles. The van der Waals surface area contributed by atoms with Crippen LogP contribution in [0.3, 0.4) is 0 Å². The fourth-order valence-electron chi connectivity index (χ4n) is 3.08. The number of nitrogens with zero attached hydrogens (tertiary/aromatic N) is 2. The van der Waals surface area contributed by atoms with Gasteiger partial charge in [-0.1, -0.05) is 24.3 Å². The first kappa shape index (κ1) is 22.9. The number of Topliss-reactive ketones (excluding diaryl/α,β-unsaturated/α-hetero) is 1. The zero-order chi connectivity index (χ0) is 23.9. The molecule has 0 spiro atoms. The molecule has 9 heteroatoms. The van der Waals surface area contributed by atoms with Gasteiger partial charge in [-0.15, -0.1) is 11.3 Å². The van der Waals surface area contributed by atoms with Gasteiger partial charge >= 0.3 is 5.97 Å². The molecule has 34 heavy (non-hydrogen) atoms. The van der Waals surface area contributed by atoms with E-state index in [1.54, 1.807) is 28.2 Å². The fraction of sp³-hybridized carbons (Fsp3) is 0.120. The van der Waals surface area contributed by atoms with E-state index in [1.165, 1.54) is 19.1 Å². The molecule has 0 aliphatic rings. The molecule has 1 N–H and O–H groups in total. The van der Waals surface area contributed by atoms with Gasteiger partial charge in [-0.25, -0.2) is 9.48 Å². The number of nitrogens with one attached hydrogen (secondary N) is 1. The molecular formula is C25H21N3O5S. The molecule has 172 valence electrons. The van der Waals surface area contributed by atoms with Crippen LogP contribution in [-0.4, -0.2) is 34.0 Å². The Balaban J connectivity index is 1.41. The minimum absolute atomic E-state index is 0.0567. The number of furan rings is 1. The van der Waals surface area contributed by atoms with Crippen molar-refractivity contribution in [1.82, 2.24) is 15.1 Å². The monoisotopic (exact) mass is 475 g/mol. The van der Waals surface area contributed by atoms with Crippen molar-refractivity contribution in [2.45, 2.75) is 13.5 Å². The van der Waals surface area contributed by atoms with Crippen LogP contribution in [0.4, 0.5) is 0 Å². The maximum Gasteiger partial charge on any atom is 0.331 e. The van der Waals surface area contributed by atoms with Gasteiger partial charge in [0.25, 0.3) is 0 Å². The molecule has 0 unspecified atom stereocenters. The average molecular weight is 476 g/mol. The van der Waals surface area contributed by atoms with Gasteiger partial charge in [0.2, 0.25) is 11.7 Å². The third-order valence-electron chi connectivity index (χ3n) is 4.71. The number of carbonyl (C=O) groups is 3. The summed E-state index contributed by atoms with van der Waals surface area (Å²) in [7, 11) is 0.